The lowest BCUT2D eigenvalue weighted by Gasteiger charge is -2.27. The predicted octanol–water partition coefficient (Wildman–Crippen LogP) is 2.96. The topological polar surface area (TPSA) is 42.1 Å². The number of nitrogens with zero attached hydrogens (tertiary/aromatic N) is 1. The molecule has 0 aromatic heterocycles. The summed E-state index contributed by atoms with van der Waals surface area (Å²) in [5.74, 6) is 0. The third kappa shape index (κ3) is 3.87. The molecule has 0 aromatic rings. The Balaban J connectivity index is 1.91. The van der Waals surface area contributed by atoms with Gasteiger partial charge in [-0.3, -0.25) is 0 Å². The van der Waals surface area contributed by atoms with Gasteiger partial charge in [-0.15, -0.1) is 0 Å². The number of carbonyl (C=O) groups is 1. The summed E-state index contributed by atoms with van der Waals surface area (Å²) in [6, 6.07) is 0. The van der Waals surface area contributed by atoms with Gasteiger partial charge < -0.3 is 14.4 Å². The zero-order valence-corrected chi connectivity index (χ0v) is 11.8. The average molecular weight is 255 g/mol. The van der Waals surface area contributed by atoms with Crippen molar-refractivity contribution in [2.24, 2.45) is 0 Å². The second kappa shape index (κ2) is 5.08. The SMILES string of the molecule is CC(C)(C)OC(=O)N1CCCCCC2(CC1)CO2. The molecular formula is C14H25NO3. The summed E-state index contributed by atoms with van der Waals surface area (Å²) in [5.41, 5.74) is -0.326. The fraction of sp³-hybridized carbons (Fsp3) is 0.929. The molecule has 2 saturated heterocycles. The minimum atomic E-state index is -0.413. The van der Waals surface area contributed by atoms with E-state index in [2.05, 4.69) is 0 Å². The van der Waals surface area contributed by atoms with Crippen LogP contribution in [-0.4, -0.2) is 41.9 Å². The largest absolute Gasteiger partial charge is 0.444 e. The fourth-order valence-electron chi connectivity index (χ4n) is 2.40. The van der Waals surface area contributed by atoms with Gasteiger partial charge in [0.15, 0.2) is 0 Å². The van der Waals surface area contributed by atoms with Crippen molar-refractivity contribution in [3.8, 4) is 0 Å². The zero-order valence-electron chi connectivity index (χ0n) is 11.8. The molecule has 1 atom stereocenters. The van der Waals surface area contributed by atoms with Crippen LogP contribution in [0.3, 0.4) is 0 Å². The lowest BCUT2D eigenvalue weighted by atomic mass is 9.99. The van der Waals surface area contributed by atoms with Gasteiger partial charge in [0.2, 0.25) is 0 Å². The summed E-state index contributed by atoms with van der Waals surface area (Å²) >= 11 is 0. The van der Waals surface area contributed by atoms with E-state index < -0.39 is 5.60 Å². The lowest BCUT2D eigenvalue weighted by molar-refractivity contribution is 0.0238. The highest BCUT2D eigenvalue weighted by molar-refractivity contribution is 5.68. The molecule has 0 aromatic carbocycles. The summed E-state index contributed by atoms with van der Waals surface area (Å²) in [6.45, 7) is 8.17. The molecule has 2 rings (SSSR count). The maximum absolute atomic E-state index is 12.1. The standard InChI is InChI=1S/C14H25NO3/c1-13(2,3)18-12(16)15-9-6-4-5-7-14(8-10-15)11-17-14/h4-11H2,1-3H3. The summed E-state index contributed by atoms with van der Waals surface area (Å²) in [4.78, 5) is 13.9. The molecule has 18 heavy (non-hydrogen) atoms. The van der Waals surface area contributed by atoms with Crippen LogP contribution in [0.5, 0.6) is 0 Å². The second-order valence-corrected chi connectivity index (χ2v) is 6.50. The molecule has 1 amide bonds. The van der Waals surface area contributed by atoms with E-state index in [4.69, 9.17) is 9.47 Å². The summed E-state index contributed by atoms with van der Waals surface area (Å²) in [5, 5.41) is 0. The molecule has 1 unspecified atom stereocenters. The van der Waals surface area contributed by atoms with E-state index in [1.807, 2.05) is 25.7 Å². The Morgan fingerprint density at radius 3 is 2.50 bits per heavy atom. The molecule has 0 N–H and O–H groups in total. The van der Waals surface area contributed by atoms with Gasteiger partial charge in [0, 0.05) is 13.1 Å². The summed E-state index contributed by atoms with van der Waals surface area (Å²) in [6.07, 6.45) is 5.36. The van der Waals surface area contributed by atoms with Crippen LogP contribution in [0.15, 0.2) is 0 Å². The highest BCUT2D eigenvalue weighted by Crippen LogP contribution is 2.37. The van der Waals surface area contributed by atoms with Crippen molar-refractivity contribution in [3.63, 3.8) is 0 Å². The second-order valence-electron chi connectivity index (χ2n) is 6.50. The van der Waals surface area contributed by atoms with Crippen molar-refractivity contribution in [2.45, 2.75) is 64.1 Å². The Morgan fingerprint density at radius 2 is 1.89 bits per heavy atom. The summed E-state index contributed by atoms with van der Waals surface area (Å²) < 4.78 is 11.0. The van der Waals surface area contributed by atoms with Crippen molar-refractivity contribution in [1.82, 2.24) is 4.90 Å². The van der Waals surface area contributed by atoms with E-state index in [0.29, 0.717) is 0 Å². The Morgan fingerprint density at radius 1 is 1.17 bits per heavy atom. The molecule has 0 saturated carbocycles. The van der Waals surface area contributed by atoms with Gasteiger partial charge in [0.25, 0.3) is 0 Å². The first-order chi connectivity index (χ1) is 8.40. The smallest absolute Gasteiger partial charge is 0.410 e. The molecule has 2 aliphatic heterocycles. The molecule has 2 heterocycles. The molecule has 4 nitrogen and oxygen atoms in total. The lowest BCUT2D eigenvalue weighted by Crippen LogP contribution is -2.38. The van der Waals surface area contributed by atoms with Crippen molar-refractivity contribution >= 4 is 6.09 Å². The number of amides is 1. The molecule has 2 fully saturated rings. The van der Waals surface area contributed by atoms with E-state index in [0.717, 1.165) is 39.0 Å². The van der Waals surface area contributed by atoms with Crippen LogP contribution in [0.2, 0.25) is 0 Å². The Hall–Kier alpha value is -0.770. The first-order valence-electron chi connectivity index (χ1n) is 7.02. The quantitative estimate of drug-likeness (QED) is 0.625. The van der Waals surface area contributed by atoms with Crippen molar-refractivity contribution < 1.29 is 14.3 Å². The van der Waals surface area contributed by atoms with Gasteiger partial charge in [0.1, 0.15) is 5.60 Å². The maximum atomic E-state index is 12.1. The number of rotatable bonds is 0. The van der Waals surface area contributed by atoms with Crippen LogP contribution < -0.4 is 0 Å². The van der Waals surface area contributed by atoms with Crippen molar-refractivity contribution in [3.05, 3.63) is 0 Å². The number of hydrogen-bond acceptors (Lipinski definition) is 3. The summed E-state index contributed by atoms with van der Waals surface area (Å²) in [7, 11) is 0. The van der Waals surface area contributed by atoms with Crippen LogP contribution in [0, 0.1) is 0 Å². The maximum Gasteiger partial charge on any atom is 0.410 e. The van der Waals surface area contributed by atoms with Gasteiger partial charge in [-0.05, 0) is 40.0 Å². The number of carbonyl (C=O) groups excluding carboxylic acids is 1. The van der Waals surface area contributed by atoms with Crippen LogP contribution in [-0.2, 0) is 9.47 Å². The molecule has 0 radical (unpaired) electrons. The molecule has 1 spiro atoms. The normalized spacial score (nSPS) is 29.4. The first kappa shape index (κ1) is 13.7. The molecule has 4 heteroatoms. The highest BCUT2D eigenvalue weighted by Gasteiger charge is 2.44. The van der Waals surface area contributed by atoms with E-state index in [-0.39, 0.29) is 11.7 Å². The van der Waals surface area contributed by atoms with Gasteiger partial charge in [0.05, 0.1) is 12.2 Å². The van der Waals surface area contributed by atoms with Crippen molar-refractivity contribution in [1.29, 1.82) is 0 Å². The first-order valence-corrected chi connectivity index (χ1v) is 7.02. The molecule has 2 aliphatic rings. The molecular weight excluding hydrogens is 230 g/mol. The minimum Gasteiger partial charge on any atom is -0.444 e. The van der Waals surface area contributed by atoms with Crippen molar-refractivity contribution in [2.75, 3.05) is 19.7 Å². The average Bonchev–Trinajstić information content (AvgIpc) is 2.95. The zero-order chi connectivity index (χ0) is 13.2. The minimum absolute atomic E-state index is 0.0879. The van der Waals surface area contributed by atoms with Crippen LogP contribution in [0.1, 0.15) is 52.9 Å². The van der Waals surface area contributed by atoms with E-state index in [1.165, 1.54) is 12.8 Å². The van der Waals surface area contributed by atoms with E-state index in [1.54, 1.807) is 0 Å². The molecule has 0 bridgehead atoms. The predicted molar refractivity (Wildman–Crippen MR) is 69.6 cm³/mol. The van der Waals surface area contributed by atoms with E-state index in [9.17, 15) is 4.79 Å². The Bertz CT molecular complexity index is 305. The van der Waals surface area contributed by atoms with Crippen LogP contribution in [0.25, 0.3) is 0 Å². The van der Waals surface area contributed by atoms with Gasteiger partial charge in [-0.25, -0.2) is 4.79 Å². The van der Waals surface area contributed by atoms with E-state index >= 15 is 0 Å². The Kier molecular flexibility index (Phi) is 3.85. The number of hydrogen-bond donors (Lipinski definition) is 0. The Labute approximate surface area is 110 Å². The van der Waals surface area contributed by atoms with Gasteiger partial charge >= 0.3 is 6.09 Å². The highest BCUT2D eigenvalue weighted by atomic mass is 16.6. The number of ether oxygens (including phenoxy) is 2. The third-order valence-electron chi connectivity index (χ3n) is 3.60. The number of epoxide rings is 1. The van der Waals surface area contributed by atoms with Gasteiger partial charge in [-0.2, -0.15) is 0 Å². The fourth-order valence-corrected chi connectivity index (χ4v) is 2.40. The monoisotopic (exact) mass is 255 g/mol. The van der Waals surface area contributed by atoms with Crippen LogP contribution in [0.4, 0.5) is 4.79 Å². The molecule has 0 aliphatic carbocycles. The van der Waals surface area contributed by atoms with Gasteiger partial charge in [-0.1, -0.05) is 12.8 Å². The molecule has 104 valence electrons. The third-order valence-corrected chi connectivity index (χ3v) is 3.60. The van der Waals surface area contributed by atoms with Crippen LogP contribution >= 0.6 is 0 Å².